The molecule has 0 aromatic heterocycles. The number of esters is 1. The minimum absolute atomic E-state index is 0.117. The first-order valence-corrected chi connectivity index (χ1v) is 36.9. The van der Waals surface area contributed by atoms with E-state index in [-0.39, 0.29) is 19.4 Å². The quantitative estimate of drug-likeness (QED) is 0.0195. The molecule has 1 aliphatic rings. The van der Waals surface area contributed by atoms with Crippen LogP contribution in [0.15, 0.2) is 85.1 Å². The number of aliphatic hydroxyl groups excluding tert-OH is 5. The highest BCUT2D eigenvalue weighted by Gasteiger charge is 2.47. The van der Waals surface area contributed by atoms with Crippen LogP contribution >= 0.6 is 0 Å². The fourth-order valence-corrected chi connectivity index (χ4v) is 11.2. The van der Waals surface area contributed by atoms with Gasteiger partial charge in [0, 0.05) is 6.42 Å². The standard InChI is InChI=1S/C77H137NO10/c1-4-7-10-13-16-19-22-25-27-29-31-33-35-37-38-40-42-44-46-49-52-55-58-61-64-70(81)76(85)78-68(69(80)63-60-57-54-51-48-24-21-18-15-12-9-6-3)67-86-77-75(74(84)73(83)71(66-79)87-77)88-72(82)65-62-59-56-53-50-47-45-43-41-39-36-34-32-30-28-26-23-20-17-14-11-8-5-2/h16-17,19-20,25-28,31-34,60,63,68-71,73-75,77,79-81,83-84H,4-15,18,21-24,29-30,35-59,61-62,64-67H2,1-3H3,(H,78,85)/b19-16-,20-17-,27-25-,28-26-,33-31-,34-32-,63-60+. The van der Waals surface area contributed by atoms with Crippen molar-refractivity contribution in [3.8, 4) is 0 Å². The SMILES string of the molecule is CCCCC/C=C\C/C=C\C/C=C\CCCCCCCCCCCCCC(O)C(=O)NC(COC1OC(CO)C(O)C(O)C1OC(=O)CCCCCCCCCCCC/C=C\C/C=C\C/C=C\CCCCC)C(O)/C=C/CCCCCCCCCCCC. The molecule has 0 spiro atoms. The molecule has 0 aromatic carbocycles. The van der Waals surface area contributed by atoms with Crippen LogP contribution in [-0.2, 0) is 23.8 Å². The molecule has 510 valence electrons. The summed E-state index contributed by atoms with van der Waals surface area (Å²) in [7, 11) is 0. The predicted molar refractivity (Wildman–Crippen MR) is 370 cm³/mol. The number of allylic oxidation sites excluding steroid dienone is 13. The molecule has 1 heterocycles. The van der Waals surface area contributed by atoms with E-state index in [2.05, 4.69) is 99.0 Å². The van der Waals surface area contributed by atoms with Gasteiger partial charge in [-0.25, -0.2) is 0 Å². The maximum Gasteiger partial charge on any atom is 0.306 e. The monoisotopic (exact) mass is 1240 g/mol. The van der Waals surface area contributed by atoms with E-state index in [9.17, 15) is 35.1 Å². The fourth-order valence-electron chi connectivity index (χ4n) is 11.2. The molecule has 11 nitrogen and oxygen atoms in total. The van der Waals surface area contributed by atoms with Crippen molar-refractivity contribution < 1.29 is 49.3 Å². The van der Waals surface area contributed by atoms with E-state index in [4.69, 9.17) is 14.2 Å². The molecule has 1 aliphatic heterocycles. The Morgan fingerprint density at radius 1 is 0.443 bits per heavy atom. The van der Waals surface area contributed by atoms with Crippen LogP contribution in [0.3, 0.4) is 0 Å². The van der Waals surface area contributed by atoms with Crippen LogP contribution in [0.2, 0.25) is 0 Å². The lowest BCUT2D eigenvalue weighted by Gasteiger charge is -2.41. The normalized spacial score (nSPS) is 18.7. The lowest BCUT2D eigenvalue weighted by atomic mass is 9.99. The molecule has 0 bridgehead atoms. The van der Waals surface area contributed by atoms with E-state index in [1.165, 1.54) is 186 Å². The van der Waals surface area contributed by atoms with Gasteiger partial charge in [-0.2, -0.15) is 0 Å². The van der Waals surface area contributed by atoms with Crippen molar-refractivity contribution in [3.63, 3.8) is 0 Å². The molecule has 88 heavy (non-hydrogen) atoms. The molecule has 0 radical (unpaired) electrons. The second-order valence-corrected chi connectivity index (χ2v) is 25.3. The lowest BCUT2D eigenvalue weighted by Crippen LogP contribution is -2.61. The van der Waals surface area contributed by atoms with Crippen molar-refractivity contribution in [1.29, 1.82) is 0 Å². The Morgan fingerprint density at radius 3 is 1.19 bits per heavy atom. The number of hydrogen-bond donors (Lipinski definition) is 6. The lowest BCUT2D eigenvalue weighted by molar-refractivity contribution is -0.305. The van der Waals surface area contributed by atoms with Crippen molar-refractivity contribution in [1.82, 2.24) is 5.32 Å². The Hall–Kier alpha value is -3.16. The highest BCUT2D eigenvalue weighted by Crippen LogP contribution is 2.26. The Kier molecular flexibility index (Phi) is 60.2. The van der Waals surface area contributed by atoms with Gasteiger partial charge in [-0.05, 0) is 103 Å². The third-order valence-corrected chi connectivity index (χ3v) is 17.0. The molecule has 0 aromatic rings. The van der Waals surface area contributed by atoms with Crippen molar-refractivity contribution in [2.75, 3.05) is 13.2 Å². The molecule has 1 rings (SSSR count). The van der Waals surface area contributed by atoms with Gasteiger partial charge in [0.05, 0.1) is 25.4 Å². The van der Waals surface area contributed by atoms with E-state index in [1.54, 1.807) is 6.08 Å². The summed E-state index contributed by atoms with van der Waals surface area (Å²) in [4.78, 5) is 26.7. The van der Waals surface area contributed by atoms with Crippen LogP contribution in [-0.4, -0.2) is 99.6 Å². The Balaban J connectivity index is 2.56. The average molecular weight is 1240 g/mol. The smallest absolute Gasteiger partial charge is 0.306 e. The molecule has 1 fully saturated rings. The van der Waals surface area contributed by atoms with Crippen LogP contribution in [0.1, 0.15) is 329 Å². The third-order valence-electron chi connectivity index (χ3n) is 17.0. The van der Waals surface area contributed by atoms with Crippen molar-refractivity contribution in [2.24, 2.45) is 0 Å². The average Bonchev–Trinajstić information content (AvgIpc) is 3.72. The van der Waals surface area contributed by atoms with Gasteiger partial charge in [0.25, 0.3) is 0 Å². The number of ether oxygens (including phenoxy) is 3. The van der Waals surface area contributed by atoms with Crippen LogP contribution in [0.25, 0.3) is 0 Å². The molecular formula is C77H137NO10. The zero-order valence-corrected chi connectivity index (χ0v) is 56.8. The van der Waals surface area contributed by atoms with Crippen molar-refractivity contribution in [2.45, 2.75) is 378 Å². The summed E-state index contributed by atoms with van der Waals surface area (Å²) >= 11 is 0. The van der Waals surface area contributed by atoms with Crippen LogP contribution in [0, 0.1) is 0 Å². The van der Waals surface area contributed by atoms with Gasteiger partial charge in [-0.15, -0.1) is 0 Å². The van der Waals surface area contributed by atoms with Crippen molar-refractivity contribution >= 4 is 11.9 Å². The van der Waals surface area contributed by atoms with E-state index in [1.807, 2.05) is 6.08 Å². The summed E-state index contributed by atoms with van der Waals surface area (Å²) < 4.78 is 17.7. The van der Waals surface area contributed by atoms with Crippen LogP contribution in [0.4, 0.5) is 0 Å². The maximum atomic E-state index is 13.5. The number of carbonyl (C=O) groups is 2. The Labute approximate surface area is 540 Å². The molecule has 11 heteroatoms. The fraction of sp³-hybridized carbons (Fsp3) is 0.792. The second-order valence-electron chi connectivity index (χ2n) is 25.3. The van der Waals surface area contributed by atoms with Crippen molar-refractivity contribution in [3.05, 3.63) is 85.1 Å². The van der Waals surface area contributed by atoms with Gasteiger partial charge in [-0.3, -0.25) is 9.59 Å². The van der Waals surface area contributed by atoms with Gasteiger partial charge in [0.15, 0.2) is 12.4 Å². The first-order valence-electron chi connectivity index (χ1n) is 36.9. The number of hydrogen-bond acceptors (Lipinski definition) is 10. The third kappa shape index (κ3) is 50.5. The van der Waals surface area contributed by atoms with E-state index >= 15 is 0 Å². The van der Waals surface area contributed by atoms with E-state index in [0.717, 1.165) is 96.3 Å². The number of amides is 1. The summed E-state index contributed by atoms with van der Waals surface area (Å²) in [5.74, 6) is -1.19. The number of carbonyl (C=O) groups excluding carboxylic acids is 2. The number of rotatable bonds is 63. The van der Waals surface area contributed by atoms with E-state index in [0.29, 0.717) is 12.8 Å². The topological polar surface area (TPSA) is 175 Å². The molecule has 8 unspecified atom stereocenters. The minimum atomic E-state index is -1.62. The zero-order valence-electron chi connectivity index (χ0n) is 56.8. The molecule has 1 saturated heterocycles. The molecular weight excluding hydrogens is 1100 g/mol. The second kappa shape index (κ2) is 64.0. The Bertz CT molecular complexity index is 1760. The first kappa shape index (κ1) is 82.9. The molecule has 0 aliphatic carbocycles. The van der Waals surface area contributed by atoms with Gasteiger partial charge in [-0.1, -0.05) is 305 Å². The summed E-state index contributed by atoms with van der Waals surface area (Å²) in [6.45, 7) is 5.77. The molecule has 8 atom stereocenters. The largest absolute Gasteiger partial charge is 0.454 e. The van der Waals surface area contributed by atoms with Crippen LogP contribution in [0.5, 0.6) is 0 Å². The summed E-state index contributed by atoms with van der Waals surface area (Å²) in [6.07, 6.45) is 74.7. The molecule has 6 N–H and O–H groups in total. The summed E-state index contributed by atoms with van der Waals surface area (Å²) in [5.41, 5.74) is 0. The first-order chi connectivity index (χ1) is 43.2. The number of unbranched alkanes of at least 4 members (excludes halogenated alkanes) is 37. The maximum absolute atomic E-state index is 13.5. The van der Waals surface area contributed by atoms with Gasteiger partial charge in [0.1, 0.15) is 24.4 Å². The molecule has 0 saturated carbocycles. The van der Waals surface area contributed by atoms with Crippen LogP contribution < -0.4 is 5.32 Å². The minimum Gasteiger partial charge on any atom is -0.454 e. The highest BCUT2D eigenvalue weighted by molar-refractivity contribution is 5.80. The zero-order chi connectivity index (χ0) is 63.9. The number of nitrogens with one attached hydrogen (secondary N) is 1. The van der Waals surface area contributed by atoms with Gasteiger partial charge < -0.3 is 45.1 Å². The van der Waals surface area contributed by atoms with E-state index < -0.39 is 67.4 Å². The van der Waals surface area contributed by atoms with Gasteiger partial charge >= 0.3 is 5.97 Å². The Morgan fingerprint density at radius 2 is 0.784 bits per heavy atom. The highest BCUT2D eigenvalue weighted by atomic mass is 16.7. The molecule has 1 amide bonds. The summed E-state index contributed by atoms with van der Waals surface area (Å²) in [5, 5.41) is 57.3. The van der Waals surface area contributed by atoms with Gasteiger partial charge in [0.2, 0.25) is 5.91 Å². The predicted octanol–water partition coefficient (Wildman–Crippen LogP) is 19.2. The number of aliphatic hydroxyl groups is 5. The summed E-state index contributed by atoms with van der Waals surface area (Å²) in [6, 6.07) is -1.03.